The van der Waals surface area contributed by atoms with Gasteiger partial charge in [0.1, 0.15) is 4.88 Å². The zero-order valence-corrected chi connectivity index (χ0v) is 17.3. The molecule has 0 aromatic carbocycles. The molecule has 0 N–H and O–H groups in total. The van der Waals surface area contributed by atoms with Crippen molar-refractivity contribution in [1.29, 1.82) is 0 Å². The Kier molecular flexibility index (Phi) is 5.76. The fourth-order valence-electron chi connectivity index (χ4n) is 3.07. The highest BCUT2D eigenvalue weighted by molar-refractivity contribution is 7.11. The van der Waals surface area contributed by atoms with E-state index in [0.717, 1.165) is 35.9 Å². The number of rotatable bonds is 4. The molecule has 1 saturated heterocycles. The summed E-state index contributed by atoms with van der Waals surface area (Å²) < 4.78 is 1.55. The van der Waals surface area contributed by atoms with Crippen LogP contribution in [0.3, 0.4) is 0 Å². The minimum absolute atomic E-state index is 0.0718. The van der Waals surface area contributed by atoms with Crippen LogP contribution in [0.2, 0.25) is 0 Å². The van der Waals surface area contributed by atoms with Gasteiger partial charge in [-0.05, 0) is 13.0 Å². The normalized spacial score (nSPS) is 15.9. The SMILES string of the molecule is Cc1ncsc1C(=O)N1CCN(CCn2nc(C(C)(C)C)ccc2=O)CC1. The Morgan fingerprint density at radius 1 is 1.15 bits per heavy atom. The number of hydrogen-bond acceptors (Lipinski definition) is 6. The third-order valence-corrected chi connectivity index (χ3v) is 5.78. The quantitative estimate of drug-likeness (QED) is 0.797. The second kappa shape index (κ2) is 7.90. The first kappa shape index (κ1) is 19.7. The average Bonchev–Trinajstić information content (AvgIpc) is 3.06. The molecule has 146 valence electrons. The smallest absolute Gasteiger partial charge is 0.266 e. The molecule has 2 aromatic heterocycles. The van der Waals surface area contributed by atoms with Gasteiger partial charge in [0.25, 0.3) is 11.5 Å². The van der Waals surface area contributed by atoms with Crippen LogP contribution >= 0.6 is 11.3 Å². The van der Waals surface area contributed by atoms with Crippen LogP contribution in [0.5, 0.6) is 0 Å². The van der Waals surface area contributed by atoms with Crippen LogP contribution < -0.4 is 5.56 Å². The first-order valence-corrected chi connectivity index (χ1v) is 10.1. The molecule has 1 aliphatic rings. The van der Waals surface area contributed by atoms with Gasteiger partial charge in [-0.2, -0.15) is 5.10 Å². The predicted molar refractivity (Wildman–Crippen MR) is 106 cm³/mol. The van der Waals surface area contributed by atoms with Gasteiger partial charge >= 0.3 is 0 Å². The van der Waals surface area contributed by atoms with Gasteiger partial charge in [-0.1, -0.05) is 20.8 Å². The van der Waals surface area contributed by atoms with Gasteiger partial charge in [-0.3, -0.25) is 14.5 Å². The zero-order chi connectivity index (χ0) is 19.6. The summed E-state index contributed by atoms with van der Waals surface area (Å²) in [6.07, 6.45) is 0. The molecule has 0 atom stereocenters. The lowest BCUT2D eigenvalue weighted by molar-refractivity contribution is 0.0635. The minimum atomic E-state index is -0.0871. The minimum Gasteiger partial charge on any atom is -0.335 e. The van der Waals surface area contributed by atoms with Crippen molar-refractivity contribution in [3.8, 4) is 0 Å². The number of carbonyl (C=O) groups is 1. The number of hydrogen-bond donors (Lipinski definition) is 0. The van der Waals surface area contributed by atoms with Gasteiger partial charge in [0.05, 0.1) is 23.4 Å². The number of aromatic nitrogens is 3. The molecule has 0 saturated carbocycles. The monoisotopic (exact) mass is 389 g/mol. The maximum absolute atomic E-state index is 12.6. The number of thiazole rings is 1. The lowest BCUT2D eigenvalue weighted by atomic mass is 9.92. The molecule has 27 heavy (non-hydrogen) atoms. The van der Waals surface area contributed by atoms with E-state index < -0.39 is 0 Å². The molecule has 3 heterocycles. The van der Waals surface area contributed by atoms with Crippen molar-refractivity contribution in [3.05, 3.63) is 44.3 Å². The number of carbonyl (C=O) groups excluding carboxylic acids is 1. The van der Waals surface area contributed by atoms with Crippen LogP contribution in [0, 0.1) is 6.92 Å². The van der Waals surface area contributed by atoms with Crippen molar-refractivity contribution in [2.45, 2.75) is 39.7 Å². The first-order valence-electron chi connectivity index (χ1n) is 9.26. The van der Waals surface area contributed by atoms with E-state index in [0.29, 0.717) is 19.6 Å². The van der Waals surface area contributed by atoms with E-state index in [-0.39, 0.29) is 16.9 Å². The summed E-state index contributed by atoms with van der Waals surface area (Å²) in [6.45, 7) is 12.4. The highest BCUT2D eigenvalue weighted by Crippen LogP contribution is 2.18. The topological polar surface area (TPSA) is 71.3 Å². The van der Waals surface area contributed by atoms with Gasteiger partial charge in [0, 0.05) is 44.2 Å². The van der Waals surface area contributed by atoms with Crippen LogP contribution in [0.25, 0.3) is 0 Å². The average molecular weight is 390 g/mol. The van der Waals surface area contributed by atoms with E-state index in [2.05, 4.69) is 35.8 Å². The molecule has 1 amide bonds. The maximum atomic E-state index is 12.6. The summed E-state index contributed by atoms with van der Waals surface area (Å²) in [5.41, 5.74) is 3.28. The molecule has 1 fully saturated rings. The number of piperazine rings is 1. The lowest BCUT2D eigenvalue weighted by Crippen LogP contribution is -2.49. The van der Waals surface area contributed by atoms with E-state index in [4.69, 9.17) is 0 Å². The molecule has 3 rings (SSSR count). The van der Waals surface area contributed by atoms with Crippen LogP contribution in [0.4, 0.5) is 0 Å². The van der Waals surface area contributed by atoms with Crippen molar-refractivity contribution in [1.82, 2.24) is 24.6 Å². The molecule has 7 nitrogen and oxygen atoms in total. The third-order valence-electron chi connectivity index (χ3n) is 4.86. The van der Waals surface area contributed by atoms with Crippen LogP contribution in [-0.2, 0) is 12.0 Å². The Balaban J connectivity index is 1.55. The second-order valence-corrected chi connectivity index (χ2v) is 8.79. The van der Waals surface area contributed by atoms with Gasteiger partial charge < -0.3 is 4.90 Å². The van der Waals surface area contributed by atoms with E-state index in [1.807, 2.05) is 17.9 Å². The molecule has 0 radical (unpaired) electrons. The number of aryl methyl sites for hydroxylation is 1. The Morgan fingerprint density at radius 2 is 1.85 bits per heavy atom. The highest BCUT2D eigenvalue weighted by atomic mass is 32.1. The van der Waals surface area contributed by atoms with E-state index in [1.165, 1.54) is 11.3 Å². The van der Waals surface area contributed by atoms with Gasteiger partial charge in [-0.15, -0.1) is 11.3 Å². The van der Waals surface area contributed by atoms with Crippen LogP contribution in [-0.4, -0.2) is 63.2 Å². The summed E-state index contributed by atoms with van der Waals surface area (Å²) in [5.74, 6) is 0.0745. The summed E-state index contributed by atoms with van der Waals surface area (Å²) in [5, 5.41) is 4.52. The van der Waals surface area contributed by atoms with Crippen molar-refractivity contribution in [3.63, 3.8) is 0 Å². The molecule has 2 aromatic rings. The van der Waals surface area contributed by atoms with Crippen molar-refractivity contribution in [2.75, 3.05) is 32.7 Å². The van der Waals surface area contributed by atoms with Crippen LogP contribution in [0.15, 0.2) is 22.4 Å². The highest BCUT2D eigenvalue weighted by Gasteiger charge is 2.24. The fourth-order valence-corrected chi connectivity index (χ4v) is 3.84. The van der Waals surface area contributed by atoms with Crippen molar-refractivity contribution in [2.24, 2.45) is 0 Å². The number of amides is 1. The Labute approximate surface area is 163 Å². The Bertz CT molecular complexity index is 859. The first-order chi connectivity index (χ1) is 12.8. The molecule has 0 bridgehead atoms. The molecule has 0 spiro atoms. The molecular weight excluding hydrogens is 362 g/mol. The largest absolute Gasteiger partial charge is 0.335 e. The van der Waals surface area contributed by atoms with E-state index >= 15 is 0 Å². The van der Waals surface area contributed by atoms with Crippen molar-refractivity contribution >= 4 is 17.2 Å². The Hall–Kier alpha value is -2.06. The molecule has 0 unspecified atom stereocenters. The molecule has 1 aliphatic heterocycles. The standard InChI is InChI=1S/C19H27N5O2S/c1-14-17(27-13-20-14)18(26)23-10-7-22(8-11-23)9-12-24-16(25)6-5-15(21-24)19(2,3)4/h5-6,13H,7-12H2,1-4H3. The molecule has 0 aliphatic carbocycles. The maximum Gasteiger partial charge on any atom is 0.266 e. The molecule has 8 heteroatoms. The van der Waals surface area contributed by atoms with E-state index in [1.54, 1.807) is 16.3 Å². The van der Waals surface area contributed by atoms with Gasteiger partial charge in [0.15, 0.2) is 0 Å². The summed E-state index contributed by atoms with van der Waals surface area (Å²) in [6, 6.07) is 3.41. The third kappa shape index (κ3) is 4.62. The lowest BCUT2D eigenvalue weighted by Gasteiger charge is -2.34. The van der Waals surface area contributed by atoms with Crippen molar-refractivity contribution < 1.29 is 4.79 Å². The van der Waals surface area contributed by atoms with Crippen LogP contribution in [0.1, 0.15) is 41.8 Å². The zero-order valence-electron chi connectivity index (χ0n) is 16.4. The summed E-state index contributed by atoms with van der Waals surface area (Å²) in [4.78, 5) is 33.7. The molecular formula is C19H27N5O2S. The predicted octanol–water partition coefficient (Wildman–Crippen LogP) is 1.76. The summed E-state index contributed by atoms with van der Waals surface area (Å²) >= 11 is 1.40. The number of nitrogens with zero attached hydrogens (tertiary/aromatic N) is 5. The second-order valence-electron chi connectivity index (χ2n) is 7.93. The Morgan fingerprint density at radius 3 is 2.44 bits per heavy atom. The van der Waals surface area contributed by atoms with Gasteiger partial charge in [-0.25, -0.2) is 9.67 Å². The fraction of sp³-hybridized carbons (Fsp3) is 0.579. The van der Waals surface area contributed by atoms with E-state index in [9.17, 15) is 9.59 Å². The summed E-state index contributed by atoms with van der Waals surface area (Å²) in [7, 11) is 0. The van der Waals surface area contributed by atoms with Gasteiger partial charge in [0.2, 0.25) is 0 Å².